The van der Waals surface area contributed by atoms with E-state index in [1.165, 1.54) is 6.42 Å². The molecule has 1 saturated heterocycles. The summed E-state index contributed by atoms with van der Waals surface area (Å²) in [4.78, 5) is 2.33. The number of halogens is 2. The second-order valence-corrected chi connectivity index (χ2v) is 5.14. The van der Waals surface area contributed by atoms with Crippen molar-refractivity contribution in [3.8, 4) is 0 Å². The molecule has 2 nitrogen and oxygen atoms in total. The Balaban J connectivity index is 2.04. The van der Waals surface area contributed by atoms with Crippen LogP contribution >= 0.6 is 23.2 Å². The predicted molar refractivity (Wildman–Crippen MR) is 69.2 cm³/mol. The molecule has 1 aliphatic heterocycles. The van der Waals surface area contributed by atoms with Gasteiger partial charge in [0.15, 0.2) is 0 Å². The van der Waals surface area contributed by atoms with Gasteiger partial charge in [0.25, 0.3) is 0 Å². The number of rotatable bonds is 3. The largest absolute Gasteiger partial charge is 0.315 e. The first-order valence-electron chi connectivity index (χ1n) is 5.51. The minimum absolute atomic E-state index is 0.607. The number of likely N-dealkylation sites (N-methyl/N-ethyl adjacent to an activating group) is 1. The summed E-state index contributed by atoms with van der Waals surface area (Å²) < 4.78 is 0. The van der Waals surface area contributed by atoms with Gasteiger partial charge in [-0.05, 0) is 43.8 Å². The SMILES string of the molecule is CN(Cc1cc(Cl)ccc1Cl)C1CCNC1. The molecule has 1 atom stereocenters. The van der Waals surface area contributed by atoms with Crippen LogP contribution in [0.1, 0.15) is 12.0 Å². The van der Waals surface area contributed by atoms with Crippen LogP contribution in [0.2, 0.25) is 10.0 Å². The van der Waals surface area contributed by atoms with E-state index in [-0.39, 0.29) is 0 Å². The van der Waals surface area contributed by atoms with E-state index < -0.39 is 0 Å². The zero-order valence-electron chi connectivity index (χ0n) is 9.34. The van der Waals surface area contributed by atoms with Crippen molar-refractivity contribution < 1.29 is 0 Å². The fraction of sp³-hybridized carbons (Fsp3) is 0.500. The van der Waals surface area contributed by atoms with Gasteiger partial charge in [-0.25, -0.2) is 0 Å². The number of nitrogens with zero attached hydrogens (tertiary/aromatic N) is 1. The van der Waals surface area contributed by atoms with E-state index in [9.17, 15) is 0 Å². The summed E-state index contributed by atoms with van der Waals surface area (Å²) in [6.45, 7) is 3.03. The second kappa shape index (κ2) is 5.37. The van der Waals surface area contributed by atoms with Gasteiger partial charge in [0.2, 0.25) is 0 Å². The number of hydrogen-bond donors (Lipinski definition) is 1. The lowest BCUT2D eigenvalue weighted by atomic mass is 10.1. The third kappa shape index (κ3) is 2.89. The van der Waals surface area contributed by atoms with Gasteiger partial charge in [-0.15, -0.1) is 0 Å². The molecule has 4 heteroatoms. The van der Waals surface area contributed by atoms with E-state index in [4.69, 9.17) is 23.2 Å². The lowest BCUT2D eigenvalue weighted by Gasteiger charge is -2.23. The molecule has 0 aliphatic carbocycles. The predicted octanol–water partition coefficient (Wildman–Crippen LogP) is 2.79. The molecule has 1 aliphatic rings. The first-order chi connectivity index (χ1) is 7.66. The maximum absolute atomic E-state index is 6.15. The minimum Gasteiger partial charge on any atom is -0.315 e. The van der Waals surface area contributed by atoms with Crippen LogP contribution in [0.25, 0.3) is 0 Å². The first kappa shape index (κ1) is 12.2. The Morgan fingerprint density at radius 3 is 2.94 bits per heavy atom. The van der Waals surface area contributed by atoms with Crippen molar-refractivity contribution in [2.24, 2.45) is 0 Å². The highest BCUT2D eigenvalue weighted by atomic mass is 35.5. The monoisotopic (exact) mass is 258 g/mol. The van der Waals surface area contributed by atoms with Crippen LogP contribution in [-0.4, -0.2) is 31.1 Å². The zero-order chi connectivity index (χ0) is 11.5. The molecule has 1 aromatic rings. The third-order valence-corrected chi connectivity index (χ3v) is 3.69. The maximum Gasteiger partial charge on any atom is 0.0452 e. The molecule has 16 heavy (non-hydrogen) atoms. The molecule has 0 spiro atoms. The normalized spacial score (nSPS) is 20.6. The van der Waals surface area contributed by atoms with Gasteiger partial charge in [0.1, 0.15) is 0 Å². The van der Waals surface area contributed by atoms with Gasteiger partial charge in [-0.1, -0.05) is 23.2 Å². The highest BCUT2D eigenvalue weighted by Gasteiger charge is 2.19. The topological polar surface area (TPSA) is 15.3 Å². The Morgan fingerprint density at radius 2 is 2.25 bits per heavy atom. The number of nitrogens with one attached hydrogen (secondary N) is 1. The second-order valence-electron chi connectivity index (χ2n) is 4.30. The van der Waals surface area contributed by atoms with Crippen LogP contribution in [-0.2, 0) is 6.54 Å². The summed E-state index contributed by atoms with van der Waals surface area (Å²) >= 11 is 12.1. The van der Waals surface area contributed by atoms with Crippen molar-refractivity contribution in [1.29, 1.82) is 0 Å². The van der Waals surface area contributed by atoms with Gasteiger partial charge in [0.05, 0.1) is 0 Å². The van der Waals surface area contributed by atoms with Crippen LogP contribution in [0.3, 0.4) is 0 Å². The fourth-order valence-electron chi connectivity index (χ4n) is 2.08. The lowest BCUT2D eigenvalue weighted by Crippen LogP contribution is -2.32. The van der Waals surface area contributed by atoms with E-state index in [1.807, 2.05) is 18.2 Å². The summed E-state index contributed by atoms with van der Waals surface area (Å²) in [5.74, 6) is 0. The molecular formula is C12H16Cl2N2. The minimum atomic E-state index is 0.607. The van der Waals surface area contributed by atoms with E-state index in [0.29, 0.717) is 6.04 Å². The molecule has 1 unspecified atom stereocenters. The third-order valence-electron chi connectivity index (χ3n) is 3.09. The van der Waals surface area contributed by atoms with Gasteiger partial charge >= 0.3 is 0 Å². The summed E-state index contributed by atoms with van der Waals surface area (Å²) in [6, 6.07) is 6.24. The standard InChI is InChI=1S/C12H16Cl2N2/c1-16(11-4-5-15-7-11)8-9-6-10(13)2-3-12(9)14/h2-3,6,11,15H,4-5,7-8H2,1H3. The van der Waals surface area contributed by atoms with Crippen LogP contribution in [0, 0.1) is 0 Å². The van der Waals surface area contributed by atoms with Crippen LogP contribution in [0.15, 0.2) is 18.2 Å². The number of benzene rings is 1. The van der Waals surface area contributed by atoms with Gasteiger partial charge in [-0.3, -0.25) is 4.90 Å². The van der Waals surface area contributed by atoms with Crippen LogP contribution in [0.4, 0.5) is 0 Å². The van der Waals surface area contributed by atoms with E-state index in [0.717, 1.165) is 35.2 Å². The number of hydrogen-bond acceptors (Lipinski definition) is 2. The average Bonchev–Trinajstić information content (AvgIpc) is 2.76. The molecular weight excluding hydrogens is 243 g/mol. The molecule has 88 valence electrons. The van der Waals surface area contributed by atoms with E-state index in [1.54, 1.807) is 0 Å². The fourth-order valence-corrected chi connectivity index (χ4v) is 2.45. The van der Waals surface area contributed by atoms with Crippen molar-refractivity contribution in [2.45, 2.75) is 19.0 Å². The summed E-state index contributed by atoms with van der Waals surface area (Å²) in [5.41, 5.74) is 1.10. The van der Waals surface area contributed by atoms with Crippen LogP contribution in [0.5, 0.6) is 0 Å². The molecule has 0 aromatic heterocycles. The van der Waals surface area contributed by atoms with Gasteiger partial charge in [-0.2, -0.15) is 0 Å². The van der Waals surface area contributed by atoms with Crippen molar-refractivity contribution in [3.63, 3.8) is 0 Å². The Kier molecular flexibility index (Phi) is 4.09. The molecule has 1 fully saturated rings. The molecule has 0 amide bonds. The van der Waals surface area contributed by atoms with Crippen molar-refractivity contribution >= 4 is 23.2 Å². The van der Waals surface area contributed by atoms with E-state index >= 15 is 0 Å². The Morgan fingerprint density at radius 1 is 1.44 bits per heavy atom. The van der Waals surface area contributed by atoms with Crippen molar-refractivity contribution in [3.05, 3.63) is 33.8 Å². The van der Waals surface area contributed by atoms with E-state index in [2.05, 4.69) is 17.3 Å². The van der Waals surface area contributed by atoms with Gasteiger partial charge in [0, 0.05) is 29.2 Å². The summed E-state index contributed by atoms with van der Waals surface area (Å²) in [6.07, 6.45) is 1.20. The Labute approximate surface area is 107 Å². The lowest BCUT2D eigenvalue weighted by molar-refractivity contribution is 0.249. The maximum atomic E-state index is 6.15. The summed E-state index contributed by atoms with van der Waals surface area (Å²) in [7, 11) is 2.13. The Hall–Kier alpha value is -0.280. The molecule has 0 radical (unpaired) electrons. The van der Waals surface area contributed by atoms with Crippen LogP contribution < -0.4 is 5.32 Å². The molecule has 2 rings (SSSR count). The first-order valence-corrected chi connectivity index (χ1v) is 6.27. The molecule has 0 saturated carbocycles. The van der Waals surface area contributed by atoms with Crippen molar-refractivity contribution in [2.75, 3.05) is 20.1 Å². The van der Waals surface area contributed by atoms with Crippen molar-refractivity contribution in [1.82, 2.24) is 10.2 Å². The Bertz CT molecular complexity index is 362. The molecule has 1 heterocycles. The summed E-state index contributed by atoms with van der Waals surface area (Å²) in [5, 5.41) is 4.91. The molecule has 1 N–H and O–H groups in total. The zero-order valence-corrected chi connectivity index (χ0v) is 10.9. The molecule has 1 aromatic carbocycles. The smallest absolute Gasteiger partial charge is 0.0452 e. The quantitative estimate of drug-likeness (QED) is 0.897. The van der Waals surface area contributed by atoms with Gasteiger partial charge < -0.3 is 5.32 Å². The average molecular weight is 259 g/mol. The molecule has 0 bridgehead atoms. The highest BCUT2D eigenvalue weighted by molar-refractivity contribution is 6.33. The highest BCUT2D eigenvalue weighted by Crippen LogP contribution is 2.22.